The van der Waals surface area contributed by atoms with Crippen LogP contribution in [0.5, 0.6) is 0 Å². The van der Waals surface area contributed by atoms with Crippen molar-refractivity contribution < 1.29 is 14.3 Å². The van der Waals surface area contributed by atoms with Crippen LogP contribution in [0, 0.1) is 0 Å². The number of benzene rings is 1. The first-order valence-corrected chi connectivity index (χ1v) is 12.9. The minimum absolute atomic E-state index is 0.0564. The summed E-state index contributed by atoms with van der Waals surface area (Å²) in [5, 5.41) is 0.746. The Morgan fingerprint density at radius 3 is 2.50 bits per heavy atom. The van der Waals surface area contributed by atoms with Crippen molar-refractivity contribution in [2.45, 2.75) is 44.9 Å². The molecule has 0 aromatic heterocycles. The molecule has 2 amide bonds. The van der Waals surface area contributed by atoms with Gasteiger partial charge in [-0.2, -0.15) is 0 Å². The lowest BCUT2D eigenvalue weighted by Gasteiger charge is -2.39. The summed E-state index contributed by atoms with van der Waals surface area (Å²) in [5.74, 6) is 1.72. The third-order valence-electron chi connectivity index (χ3n) is 6.26. The van der Waals surface area contributed by atoms with Crippen LogP contribution in [-0.4, -0.2) is 95.3 Å². The molecule has 0 saturated carbocycles. The van der Waals surface area contributed by atoms with Crippen LogP contribution in [0.4, 0.5) is 10.5 Å². The second-order valence-electron chi connectivity index (χ2n) is 9.68. The highest BCUT2D eigenvalue weighted by Crippen LogP contribution is 2.29. The molecule has 0 aliphatic carbocycles. The monoisotopic (exact) mass is 480 g/mol. The molecule has 3 fully saturated rings. The zero-order valence-corrected chi connectivity index (χ0v) is 20.7. The summed E-state index contributed by atoms with van der Waals surface area (Å²) in [6, 6.07) is 7.67. The standard InChI is InChI=1S/C23H33ClN4O3S/c1-23(2,3)31-22(30)28-15-19(14-20(28)21(29)27-11-12-32-16-27)26-9-7-25(8-10-26)18-6-4-5-17(24)13-18/h4-6,13,19-20H,7-12,14-16H2,1-3H3/t19-,20-/m0/s1. The molecule has 3 aliphatic rings. The molecule has 0 spiro atoms. The van der Waals surface area contributed by atoms with E-state index in [1.165, 1.54) is 0 Å². The van der Waals surface area contributed by atoms with Gasteiger partial charge in [0.15, 0.2) is 0 Å². The number of nitrogens with zero attached hydrogens (tertiary/aromatic N) is 4. The molecule has 0 unspecified atom stereocenters. The van der Waals surface area contributed by atoms with Gasteiger partial charge < -0.3 is 14.5 Å². The Labute approximate surface area is 200 Å². The van der Waals surface area contributed by atoms with Crippen LogP contribution in [0.3, 0.4) is 0 Å². The Morgan fingerprint density at radius 2 is 1.88 bits per heavy atom. The van der Waals surface area contributed by atoms with E-state index in [1.54, 1.807) is 16.7 Å². The number of carbonyl (C=O) groups excluding carboxylic acids is 2. The molecular weight excluding hydrogens is 448 g/mol. The summed E-state index contributed by atoms with van der Waals surface area (Å²) in [5.41, 5.74) is 0.549. The van der Waals surface area contributed by atoms with Gasteiger partial charge in [0.05, 0.1) is 5.88 Å². The van der Waals surface area contributed by atoms with Gasteiger partial charge in [-0.05, 0) is 45.4 Å². The number of hydrogen-bond acceptors (Lipinski definition) is 6. The van der Waals surface area contributed by atoms with Crippen molar-refractivity contribution in [3.8, 4) is 0 Å². The van der Waals surface area contributed by atoms with Crippen LogP contribution in [-0.2, 0) is 9.53 Å². The molecule has 0 radical (unpaired) electrons. The SMILES string of the molecule is CC(C)(C)OC(=O)N1C[C@@H](N2CCN(c3cccc(Cl)c3)CC2)C[C@H]1C(=O)N1CCSC1. The predicted molar refractivity (Wildman–Crippen MR) is 129 cm³/mol. The largest absolute Gasteiger partial charge is 0.444 e. The number of rotatable bonds is 3. The minimum Gasteiger partial charge on any atom is -0.444 e. The normalized spacial score (nSPS) is 24.8. The van der Waals surface area contributed by atoms with Crippen molar-refractivity contribution in [2.75, 3.05) is 55.8 Å². The molecule has 0 N–H and O–H groups in total. The molecule has 2 atom stereocenters. The van der Waals surface area contributed by atoms with Gasteiger partial charge in [0.1, 0.15) is 11.6 Å². The van der Waals surface area contributed by atoms with E-state index in [2.05, 4.69) is 15.9 Å². The van der Waals surface area contributed by atoms with Crippen molar-refractivity contribution in [3.63, 3.8) is 0 Å². The summed E-state index contributed by atoms with van der Waals surface area (Å²) in [6.07, 6.45) is 0.277. The predicted octanol–water partition coefficient (Wildman–Crippen LogP) is 3.37. The molecule has 3 saturated heterocycles. The number of likely N-dealkylation sites (tertiary alicyclic amines) is 1. The Hall–Kier alpha value is -1.64. The quantitative estimate of drug-likeness (QED) is 0.661. The average molecular weight is 481 g/mol. The van der Waals surface area contributed by atoms with Crippen molar-refractivity contribution in [3.05, 3.63) is 29.3 Å². The average Bonchev–Trinajstić information content (AvgIpc) is 3.43. The van der Waals surface area contributed by atoms with E-state index in [-0.39, 0.29) is 18.0 Å². The van der Waals surface area contributed by atoms with E-state index >= 15 is 0 Å². The smallest absolute Gasteiger partial charge is 0.411 e. The number of halogens is 1. The van der Waals surface area contributed by atoms with Crippen molar-refractivity contribution in [2.24, 2.45) is 0 Å². The van der Waals surface area contributed by atoms with Crippen LogP contribution >= 0.6 is 23.4 Å². The van der Waals surface area contributed by atoms with Gasteiger partial charge in [-0.25, -0.2) is 4.79 Å². The van der Waals surface area contributed by atoms with Gasteiger partial charge in [0.2, 0.25) is 5.91 Å². The second-order valence-corrected chi connectivity index (χ2v) is 11.2. The van der Waals surface area contributed by atoms with Gasteiger partial charge in [-0.15, -0.1) is 11.8 Å². The number of anilines is 1. The Kier molecular flexibility index (Phi) is 7.12. The van der Waals surface area contributed by atoms with Crippen molar-refractivity contribution in [1.29, 1.82) is 0 Å². The van der Waals surface area contributed by atoms with E-state index in [0.29, 0.717) is 18.8 Å². The highest BCUT2D eigenvalue weighted by atomic mass is 35.5. The summed E-state index contributed by atoms with van der Waals surface area (Å²) in [6.45, 7) is 10.4. The number of amides is 2. The number of hydrogen-bond donors (Lipinski definition) is 0. The topological polar surface area (TPSA) is 56.3 Å². The lowest BCUT2D eigenvalue weighted by molar-refractivity contribution is -0.134. The highest BCUT2D eigenvalue weighted by Gasteiger charge is 2.45. The molecule has 9 heteroatoms. The number of carbonyl (C=O) groups is 2. The van der Waals surface area contributed by atoms with Crippen LogP contribution in [0.1, 0.15) is 27.2 Å². The van der Waals surface area contributed by atoms with Gasteiger partial charge in [0.25, 0.3) is 0 Å². The number of ether oxygens (including phenoxy) is 1. The molecule has 0 bridgehead atoms. The molecule has 3 heterocycles. The maximum atomic E-state index is 13.2. The molecule has 1 aromatic rings. The number of thioether (sulfide) groups is 1. The zero-order chi connectivity index (χ0) is 22.9. The van der Waals surface area contributed by atoms with Crippen LogP contribution in [0.15, 0.2) is 24.3 Å². The van der Waals surface area contributed by atoms with Crippen LogP contribution < -0.4 is 4.90 Å². The third kappa shape index (κ3) is 5.46. The second kappa shape index (κ2) is 9.69. The van der Waals surface area contributed by atoms with E-state index in [1.807, 2.05) is 43.9 Å². The Balaban J connectivity index is 1.43. The Morgan fingerprint density at radius 1 is 1.12 bits per heavy atom. The molecule has 3 aliphatic heterocycles. The van der Waals surface area contributed by atoms with E-state index in [0.717, 1.165) is 49.2 Å². The molecule has 1 aromatic carbocycles. The Bertz CT molecular complexity index is 835. The molecule has 176 valence electrons. The maximum absolute atomic E-state index is 13.2. The van der Waals surface area contributed by atoms with Crippen molar-refractivity contribution >= 4 is 41.1 Å². The summed E-state index contributed by atoms with van der Waals surface area (Å²) in [7, 11) is 0. The highest BCUT2D eigenvalue weighted by molar-refractivity contribution is 7.99. The molecule has 7 nitrogen and oxygen atoms in total. The molecular formula is C23H33ClN4O3S. The molecule has 4 rings (SSSR count). The lowest BCUT2D eigenvalue weighted by atomic mass is 10.1. The van der Waals surface area contributed by atoms with Gasteiger partial charge in [0, 0.05) is 61.8 Å². The fraction of sp³-hybridized carbons (Fsp3) is 0.652. The van der Waals surface area contributed by atoms with Crippen LogP contribution in [0.2, 0.25) is 5.02 Å². The van der Waals surface area contributed by atoms with E-state index < -0.39 is 11.6 Å². The molecule has 32 heavy (non-hydrogen) atoms. The van der Waals surface area contributed by atoms with E-state index in [9.17, 15) is 9.59 Å². The van der Waals surface area contributed by atoms with Gasteiger partial charge >= 0.3 is 6.09 Å². The summed E-state index contributed by atoms with van der Waals surface area (Å²) < 4.78 is 5.66. The number of piperazine rings is 1. The first-order chi connectivity index (χ1) is 15.2. The van der Waals surface area contributed by atoms with Gasteiger partial charge in [-0.3, -0.25) is 14.6 Å². The van der Waals surface area contributed by atoms with E-state index in [4.69, 9.17) is 16.3 Å². The zero-order valence-electron chi connectivity index (χ0n) is 19.1. The fourth-order valence-electron chi connectivity index (χ4n) is 4.65. The van der Waals surface area contributed by atoms with Crippen molar-refractivity contribution in [1.82, 2.24) is 14.7 Å². The third-order valence-corrected chi connectivity index (χ3v) is 7.46. The van der Waals surface area contributed by atoms with Crippen LogP contribution in [0.25, 0.3) is 0 Å². The van der Waals surface area contributed by atoms with Gasteiger partial charge in [-0.1, -0.05) is 17.7 Å². The lowest BCUT2D eigenvalue weighted by Crippen LogP contribution is -2.51. The first kappa shape index (κ1) is 23.5. The summed E-state index contributed by atoms with van der Waals surface area (Å²) in [4.78, 5) is 34.5. The maximum Gasteiger partial charge on any atom is 0.411 e. The first-order valence-electron chi connectivity index (χ1n) is 11.3. The fourth-order valence-corrected chi connectivity index (χ4v) is 5.79. The summed E-state index contributed by atoms with van der Waals surface area (Å²) >= 11 is 7.93. The minimum atomic E-state index is -0.588.